The molecule has 0 aliphatic carbocycles. The first-order chi connectivity index (χ1) is 8.39. The highest BCUT2D eigenvalue weighted by molar-refractivity contribution is 7.33. The van der Waals surface area contributed by atoms with Crippen LogP contribution in [0.5, 0.6) is 0 Å². The maximum absolute atomic E-state index is 13.9. The highest BCUT2D eigenvalue weighted by Gasteiger charge is 2.40. The van der Waals surface area contributed by atoms with Gasteiger partial charge in [0.05, 0.1) is 6.16 Å². The summed E-state index contributed by atoms with van der Waals surface area (Å²) in [4.78, 5) is 11.5. The Bertz CT molecular complexity index is 419. The van der Waals surface area contributed by atoms with E-state index in [-0.39, 0.29) is 26.5 Å². The number of alkyl halides is 2. The van der Waals surface area contributed by atoms with E-state index in [0.717, 1.165) is 5.56 Å². The summed E-state index contributed by atoms with van der Waals surface area (Å²) in [5.74, 6) is -4.38. The van der Waals surface area contributed by atoms with E-state index in [4.69, 9.17) is 0 Å². The number of carbonyl (C=O) groups is 1. The topological polar surface area (TPSA) is 26.3 Å². The minimum atomic E-state index is -3.43. The number of carbonyl (C=O) groups excluding carboxylic acids is 1. The van der Waals surface area contributed by atoms with Crippen molar-refractivity contribution in [2.75, 3.05) is 13.3 Å². The zero-order valence-corrected chi connectivity index (χ0v) is 11.7. The molecule has 1 atom stereocenters. The molecule has 0 radical (unpaired) electrons. The van der Waals surface area contributed by atoms with Gasteiger partial charge in [-0.2, -0.15) is 8.78 Å². The summed E-state index contributed by atoms with van der Waals surface area (Å²) < 4.78 is 32.5. The van der Waals surface area contributed by atoms with Crippen LogP contribution in [0, 0.1) is 0 Å². The van der Waals surface area contributed by atoms with Crippen molar-refractivity contribution in [1.82, 2.24) is 0 Å². The van der Waals surface area contributed by atoms with Crippen molar-refractivity contribution in [2.45, 2.75) is 25.7 Å². The van der Waals surface area contributed by atoms with Crippen molar-refractivity contribution in [1.29, 1.82) is 0 Å². The van der Waals surface area contributed by atoms with Crippen LogP contribution in [0.3, 0.4) is 0 Å². The average molecular weight is 274 g/mol. The molecule has 0 heterocycles. The lowest BCUT2D eigenvalue weighted by Gasteiger charge is -2.17. The molecule has 1 aromatic rings. The van der Waals surface area contributed by atoms with Crippen molar-refractivity contribution in [2.24, 2.45) is 0 Å². The third-order valence-corrected chi connectivity index (χ3v) is 3.40. The summed E-state index contributed by atoms with van der Waals surface area (Å²) in [5, 5.41) is 0. The predicted molar refractivity (Wildman–Crippen MR) is 69.6 cm³/mol. The molecule has 2 nitrogen and oxygen atoms in total. The van der Waals surface area contributed by atoms with Crippen LogP contribution in [0.15, 0.2) is 24.3 Å². The van der Waals surface area contributed by atoms with Gasteiger partial charge in [0.15, 0.2) is 0 Å². The van der Waals surface area contributed by atoms with Gasteiger partial charge in [-0.25, -0.2) is 0 Å². The fraction of sp³-hybridized carbons (Fsp3) is 0.462. The second-order valence-corrected chi connectivity index (χ2v) is 5.35. The Kier molecular flexibility index (Phi) is 5.36. The van der Waals surface area contributed by atoms with E-state index in [1.165, 1.54) is 19.2 Å². The van der Waals surface area contributed by atoms with Crippen LogP contribution in [-0.4, -0.2) is 19.1 Å². The standard InChI is InChI=1S/C13H17F2O2P/c1-9(2)10-5-4-6-11(7-10)13(14,15)12(16)8-18-17-3/h4-7,9,18H,8H2,1-3H3. The van der Waals surface area contributed by atoms with Gasteiger partial charge in [0.1, 0.15) is 0 Å². The van der Waals surface area contributed by atoms with Gasteiger partial charge in [0.25, 0.3) is 0 Å². The minimum absolute atomic E-state index is 0.150. The summed E-state index contributed by atoms with van der Waals surface area (Å²) in [6.45, 7) is 3.84. The molecule has 0 spiro atoms. The molecule has 100 valence electrons. The molecule has 0 amide bonds. The molecule has 0 saturated heterocycles. The van der Waals surface area contributed by atoms with Crippen molar-refractivity contribution in [3.05, 3.63) is 35.4 Å². The van der Waals surface area contributed by atoms with E-state index in [1.54, 1.807) is 12.1 Å². The quantitative estimate of drug-likeness (QED) is 0.739. The van der Waals surface area contributed by atoms with E-state index < -0.39 is 11.7 Å². The molecule has 1 aromatic carbocycles. The summed E-state index contributed by atoms with van der Waals surface area (Å²) in [6.07, 6.45) is -0.255. The molecule has 1 rings (SSSR count). The molecule has 0 bridgehead atoms. The predicted octanol–water partition coefficient (Wildman–Crippen LogP) is 3.71. The average Bonchev–Trinajstić information content (AvgIpc) is 2.35. The Morgan fingerprint density at radius 1 is 1.44 bits per heavy atom. The zero-order chi connectivity index (χ0) is 13.8. The van der Waals surface area contributed by atoms with Crippen LogP contribution < -0.4 is 0 Å². The minimum Gasteiger partial charge on any atom is -0.365 e. The number of Topliss-reactive ketones (excluding diaryl/α,β-unsaturated/α-hetero) is 1. The SMILES string of the molecule is COPCC(=O)C(F)(F)c1cccc(C(C)C)c1. The number of rotatable bonds is 6. The highest BCUT2D eigenvalue weighted by Crippen LogP contribution is 2.32. The van der Waals surface area contributed by atoms with Gasteiger partial charge in [0, 0.05) is 21.5 Å². The molecular formula is C13H17F2O2P. The van der Waals surface area contributed by atoms with Crippen LogP contribution in [0.1, 0.15) is 30.9 Å². The van der Waals surface area contributed by atoms with Crippen LogP contribution in [0.2, 0.25) is 0 Å². The maximum atomic E-state index is 13.9. The van der Waals surface area contributed by atoms with Crippen LogP contribution >= 0.6 is 8.81 Å². The molecule has 5 heteroatoms. The Balaban J connectivity index is 2.96. The smallest absolute Gasteiger partial charge is 0.330 e. The van der Waals surface area contributed by atoms with Crippen molar-refractivity contribution >= 4 is 14.6 Å². The first-order valence-corrected chi connectivity index (χ1v) is 6.78. The molecule has 0 aromatic heterocycles. The van der Waals surface area contributed by atoms with Gasteiger partial charge in [0.2, 0.25) is 5.78 Å². The van der Waals surface area contributed by atoms with E-state index in [1.807, 2.05) is 13.8 Å². The first-order valence-electron chi connectivity index (χ1n) is 5.67. The monoisotopic (exact) mass is 274 g/mol. The fourth-order valence-corrected chi connectivity index (χ4v) is 2.00. The van der Waals surface area contributed by atoms with Crippen LogP contribution in [0.25, 0.3) is 0 Å². The van der Waals surface area contributed by atoms with Crippen molar-refractivity contribution < 1.29 is 18.1 Å². The van der Waals surface area contributed by atoms with Crippen LogP contribution in [-0.2, 0) is 15.2 Å². The lowest BCUT2D eigenvalue weighted by molar-refractivity contribution is -0.141. The molecule has 0 saturated carbocycles. The summed E-state index contributed by atoms with van der Waals surface area (Å²) in [5.41, 5.74) is 0.564. The number of hydrogen-bond donors (Lipinski definition) is 0. The van der Waals surface area contributed by atoms with E-state index in [0.29, 0.717) is 0 Å². The molecule has 0 aliphatic rings. The van der Waals surface area contributed by atoms with Crippen molar-refractivity contribution in [3.63, 3.8) is 0 Å². The number of hydrogen-bond acceptors (Lipinski definition) is 2. The fourth-order valence-electron chi connectivity index (χ4n) is 1.50. The van der Waals surface area contributed by atoms with E-state index in [9.17, 15) is 13.6 Å². The van der Waals surface area contributed by atoms with E-state index in [2.05, 4.69) is 4.52 Å². The summed E-state index contributed by atoms with van der Waals surface area (Å²) >= 11 is 0. The van der Waals surface area contributed by atoms with Gasteiger partial charge >= 0.3 is 5.92 Å². The van der Waals surface area contributed by atoms with E-state index >= 15 is 0 Å². The number of ketones is 1. The Morgan fingerprint density at radius 2 is 2.11 bits per heavy atom. The Labute approximate surface area is 108 Å². The summed E-state index contributed by atoms with van der Waals surface area (Å²) in [7, 11) is 1.17. The van der Waals surface area contributed by atoms with Gasteiger partial charge in [-0.05, 0) is 17.5 Å². The highest BCUT2D eigenvalue weighted by atomic mass is 31.1. The molecular weight excluding hydrogens is 257 g/mol. The third kappa shape index (κ3) is 3.56. The lowest BCUT2D eigenvalue weighted by Crippen LogP contribution is -2.27. The van der Waals surface area contributed by atoms with Crippen molar-refractivity contribution in [3.8, 4) is 0 Å². The van der Waals surface area contributed by atoms with Gasteiger partial charge in [-0.3, -0.25) is 4.79 Å². The Morgan fingerprint density at radius 3 is 2.67 bits per heavy atom. The Hall–Kier alpha value is -0.860. The maximum Gasteiger partial charge on any atom is 0.330 e. The molecule has 0 aliphatic heterocycles. The largest absolute Gasteiger partial charge is 0.365 e. The lowest BCUT2D eigenvalue weighted by atomic mass is 9.97. The third-order valence-electron chi connectivity index (χ3n) is 2.64. The second-order valence-electron chi connectivity index (χ2n) is 4.30. The van der Waals surface area contributed by atoms with Crippen LogP contribution in [0.4, 0.5) is 8.78 Å². The molecule has 1 unspecified atom stereocenters. The molecule has 18 heavy (non-hydrogen) atoms. The normalized spacial score (nSPS) is 12.6. The molecule has 0 fully saturated rings. The van der Waals surface area contributed by atoms with Gasteiger partial charge in [-0.15, -0.1) is 0 Å². The second kappa shape index (κ2) is 6.35. The first kappa shape index (κ1) is 15.2. The van der Waals surface area contributed by atoms with Gasteiger partial charge < -0.3 is 4.52 Å². The summed E-state index contributed by atoms with van der Waals surface area (Å²) in [6, 6.07) is 6.04. The van der Waals surface area contributed by atoms with Gasteiger partial charge in [-0.1, -0.05) is 32.0 Å². The molecule has 0 N–H and O–H groups in total. The number of benzene rings is 1. The number of halogens is 2. The zero-order valence-electron chi connectivity index (χ0n) is 10.7.